The van der Waals surface area contributed by atoms with E-state index in [2.05, 4.69) is 23.1 Å². The summed E-state index contributed by atoms with van der Waals surface area (Å²) in [5, 5.41) is 1.01. The van der Waals surface area contributed by atoms with Gasteiger partial charge in [-0.2, -0.15) is 33.7 Å². The summed E-state index contributed by atoms with van der Waals surface area (Å²) in [5.74, 6) is 0. The van der Waals surface area contributed by atoms with E-state index in [1.165, 1.54) is 72.8 Å². The molecule has 14 nitrogen and oxygen atoms in total. The molecule has 66 heavy (non-hydrogen) atoms. The zero-order valence-electron chi connectivity index (χ0n) is 35.0. The molecule has 18 heteroatoms. The monoisotopic (exact) mass is 964 g/mol. The Morgan fingerprint density at radius 3 is 0.864 bits per heavy atom. The van der Waals surface area contributed by atoms with E-state index in [1.54, 1.807) is 72.8 Å². The first-order chi connectivity index (χ1) is 30.9. The van der Waals surface area contributed by atoms with Gasteiger partial charge in [0.05, 0.1) is 19.6 Å². The molecular weight excluding hydrogens is 925 g/mol. The molecule has 4 aromatic carbocycles. The van der Waals surface area contributed by atoms with E-state index in [0.29, 0.717) is 88.9 Å². The quantitative estimate of drug-likeness (QED) is 0.0822. The maximum absolute atomic E-state index is 12.0. The second kappa shape index (κ2) is 17.9. The lowest BCUT2D eigenvalue weighted by Gasteiger charge is -2.14. The van der Waals surface area contributed by atoms with Crippen LogP contribution >= 0.6 is 0 Å². The summed E-state index contributed by atoms with van der Waals surface area (Å²) >= 11 is 0. The van der Waals surface area contributed by atoms with Gasteiger partial charge in [-0.1, -0.05) is 86.0 Å². The zero-order chi connectivity index (χ0) is 47.9. The minimum atomic E-state index is -4.53. The second-order valence-corrected chi connectivity index (χ2v) is 20.8. The summed E-state index contributed by atoms with van der Waals surface area (Å²) in [6.07, 6.45) is 7.02. The Balaban J connectivity index is 1.56. The molecule has 0 atom stereocenters. The average molecular weight is 965 g/mol. The van der Waals surface area contributed by atoms with Gasteiger partial charge in [0.1, 0.15) is 0 Å². The van der Waals surface area contributed by atoms with Crippen molar-refractivity contribution in [2.45, 2.75) is 33.4 Å². The van der Waals surface area contributed by atoms with Crippen molar-refractivity contribution in [3.63, 3.8) is 0 Å². The van der Waals surface area contributed by atoms with E-state index in [1.807, 2.05) is 13.8 Å². The van der Waals surface area contributed by atoms with Crippen LogP contribution in [0.5, 0.6) is 0 Å². The van der Waals surface area contributed by atoms with Crippen molar-refractivity contribution in [2.75, 3.05) is 0 Å². The fourth-order valence-electron chi connectivity index (χ4n) is 7.55. The molecule has 0 spiro atoms. The zero-order valence-corrected chi connectivity index (χ0v) is 38.2. The van der Waals surface area contributed by atoms with Crippen molar-refractivity contribution in [2.24, 2.45) is 0 Å². The first-order valence-corrected chi connectivity index (χ1v) is 25.3. The van der Waals surface area contributed by atoms with Crippen molar-refractivity contribution in [3.8, 4) is 0 Å². The van der Waals surface area contributed by atoms with Crippen LogP contribution in [0.3, 0.4) is 0 Å². The van der Waals surface area contributed by atoms with Crippen LogP contribution in [0.25, 0.3) is 22.3 Å². The van der Waals surface area contributed by atoms with Crippen LogP contribution in [0, 0.1) is 0 Å². The van der Waals surface area contributed by atoms with Crippen LogP contribution in [0.4, 0.5) is 0 Å². The summed E-state index contributed by atoms with van der Waals surface area (Å²) in [7, 11) is -18.1. The van der Waals surface area contributed by atoms with Gasteiger partial charge in [-0.15, -0.1) is 0 Å². The van der Waals surface area contributed by atoms with E-state index < -0.39 is 40.5 Å². The number of hydrogen-bond donors (Lipinski definition) is 6. The number of nitrogens with one attached hydrogen (secondary N) is 2. The van der Waals surface area contributed by atoms with Crippen LogP contribution in [-0.4, -0.2) is 61.9 Å². The molecule has 3 heterocycles. The van der Waals surface area contributed by atoms with E-state index in [4.69, 9.17) is 0 Å². The van der Waals surface area contributed by atoms with Gasteiger partial charge in [0, 0.05) is 44.4 Å². The predicted octanol–water partition coefficient (Wildman–Crippen LogP) is 7.31. The Hall–Kier alpha value is -6.74. The first kappa shape index (κ1) is 47.2. The minimum absolute atomic E-state index is 0.316. The highest BCUT2D eigenvalue weighted by molar-refractivity contribution is 7.86. The fourth-order valence-corrected chi connectivity index (χ4v) is 9.47. The lowest BCUT2D eigenvalue weighted by Crippen LogP contribution is -2.17. The van der Waals surface area contributed by atoms with Gasteiger partial charge in [-0.3, -0.25) is 18.2 Å². The highest BCUT2D eigenvalue weighted by Crippen LogP contribution is 2.34. The van der Waals surface area contributed by atoms with Gasteiger partial charge in [0.2, 0.25) is 0 Å². The molecule has 4 bridgehead atoms. The maximum Gasteiger partial charge on any atom is 0.294 e. The second-order valence-electron chi connectivity index (χ2n) is 15.2. The molecule has 0 unspecified atom stereocenters. The molecular formula is C48H40N2O12S4. The largest absolute Gasteiger partial charge is 0.354 e. The molecule has 1 aliphatic heterocycles. The van der Waals surface area contributed by atoms with Gasteiger partial charge in [-0.25, -0.2) is 0 Å². The summed E-state index contributed by atoms with van der Waals surface area (Å²) in [6.45, 7) is 12.4. The third-order valence-corrected chi connectivity index (χ3v) is 14.2. The van der Waals surface area contributed by atoms with E-state index in [9.17, 15) is 51.9 Å². The highest BCUT2D eigenvalue weighted by atomic mass is 32.2. The summed E-state index contributed by atoms with van der Waals surface area (Å²) < 4.78 is 135. The Bertz CT molecular complexity index is 3450. The highest BCUT2D eigenvalue weighted by Gasteiger charge is 2.20. The standard InChI is InChI=1S/C48H40N2O12S4/c1-29-5-6-30(2)46(34-11-19-38(20-12-34)64(54,55)56)43-27-28-44(50-43)48(36-15-23-40(24-16-36)66(60,61)62)32(4)8-7-31(3)47(35-13-21-39(22-14-35)65(57,58)59)42-26-25-41(49-42)45(29)33-9-17-37(18-10-33)63(51,52)53/h5-28,49-50H,1,3H2,2,4H3,(H,51,52,53)(H,54,55,56)(H,57,58,59)(H,60,61,62)/b6-5-,8-7-,45-41+,46-30+,47-42?,48-32+. The van der Waals surface area contributed by atoms with Gasteiger partial charge in [-0.05, 0) is 131 Å². The molecule has 0 amide bonds. The molecule has 0 saturated carbocycles. The Morgan fingerprint density at radius 2 is 0.606 bits per heavy atom. The predicted molar refractivity (Wildman–Crippen MR) is 251 cm³/mol. The molecule has 0 fully saturated rings. The normalized spacial score (nSPS) is 18.7. The minimum Gasteiger partial charge on any atom is -0.354 e. The molecule has 6 N–H and O–H groups in total. The van der Waals surface area contributed by atoms with Crippen molar-refractivity contribution < 1.29 is 51.9 Å². The van der Waals surface area contributed by atoms with Crippen LogP contribution < -0.4 is 10.7 Å². The third kappa shape index (κ3) is 10.2. The van der Waals surface area contributed by atoms with Crippen LogP contribution in [0.2, 0.25) is 0 Å². The van der Waals surface area contributed by atoms with Crippen LogP contribution in [-0.2, 0) is 40.5 Å². The number of rotatable bonds is 8. The summed E-state index contributed by atoms with van der Waals surface area (Å²) in [5.41, 5.74) is 7.67. The molecule has 1 aliphatic rings. The SMILES string of the molecule is C=C1/C=C\C(C)=C(/c2ccc(S(=O)(=O)O)cc2)c2ccc([nH]2)/C(c2ccc(S(=O)(=O)O)cc2)=C(C)/C=C\C(=C)/C(c2ccc(S(=O)(=O)O)cc2)=c2/ccc([nH]2)=C1c1ccc(S(=O)(=O)O)cc1. The Kier molecular flexibility index (Phi) is 12.8. The van der Waals surface area contributed by atoms with Crippen molar-refractivity contribution in [1.82, 2.24) is 9.97 Å². The van der Waals surface area contributed by atoms with E-state index in [-0.39, 0.29) is 19.6 Å². The number of benzene rings is 4. The lowest BCUT2D eigenvalue weighted by atomic mass is 9.95. The molecule has 0 radical (unpaired) electrons. The lowest BCUT2D eigenvalue weighted by molar-refractivity contribution is 0.481. The van der Waals surface area contributed by atoms with Crippen LogP contribution in [0.1, 0.15) is 47.5 Å². The number of aromatic amines is 2. The molecule has 0 aliphatic carbocycles. The van der Waals surface area contributed by atoms with Gasteiger partial charge in [0.25, 0.3) is 40.5 Å². The van der Waals surface area contributed by atoms with Crippen molar-refractivity contribution in [1.29, 1.82) is 0 Å². The third-order valence-electron chi connectivity index (χ3n) is 10.7. The van der Waals surface area contributed by atoms with Gasteiger partial charge >= 0.3 is 0 Å². The molecule has 6 aromatic rings. The molecule has 338 valence electrons. The number of fused-ring (bicyclic) bond motifs is 4. The number of allylic oxidation sites excluding steroid dienone is 8. The van der Waals surface area contributed by atoms with Crippen molar-refractivity contribution in [3.05, 3.63) is 225 Å². The van der Waals surface area contributed by atoms with Gasteiger partial charge in [0.15, 0.2) is 0 Å². The average Bonchev–Trinajstić information content (AvgIpc) is 3.92. The number of H-pyrrole nitrogens is 2. The molecule has 2 aromatic heterocycles. The van der Waals surface area contributed by atoms with E-state index >= 15 is 0 Å². The summed E-state index contributed by atoms with van der Waals surface area (Å²) in [4.78, 5) is 5.61. The molecule has 7 rings (SSSR count). The summed E-state index contributed by atoms with van der Waals surface area (Å²) in [6, 6.07) is 29.4. The Labute approximate surface area is 381 Å². The Morgan fingerprint density at radius 1 is 0.348 bits per heavy atom. The maximum atomic E-state index is 12.0. The number of aromatic nitrogens is 2. The molecule has 0 saturated heterocycles. The van der Waals surface area contributed by atoms with Gasteiger partial charge < -0.3 is 9.97 Å². The smallest absolute Gasteiger partial charge is 0.294 e. The fraction of sp³-hybridized carbons (Fsp3) is 0.0417. The van der Waals surface area contributed by atoms with Crippen LogP contribution in [0.15, 0.2) is 201 Å². The first-order valence-electron chi connectivity index (χ1n) is 19.5. The van der Waals surface area contributed by atoms with Crippen molar-refractivity contribution >= 4 is 62.8 Å². The topological polar surface area (TPSA) is 249 Å². The van der Waals surface area contributed by atoms with E-state index in [0.717, 1.165) is 0 Å². The number of hydrogen-bond acceptors (Lipinski definition) is 8.